The summed E-state index contributed by atoms with van der Waals surface area (Å²) in [5, 5.41) is 0. The fourth-order valence-corrected chi connectivity index (χ4v) is 1.29. The van der Waals surface area contributed by atoms with Crippen LogP contribution in [0.4, 0.5) is 18.9 Å². The number of nitrogen functional groups attached to an aromatic ring is 1. The van der Waals surface area contributed by atoms with Crippen molar-refractivity contribution in [1.82, 2.24) is 0 Å². The first-order chi connectivity index (χ1) is 6.34. The van der Waals surface area contributed by atoms with E-state index in [-0.39, 0.29) is 11.3 Å². The van der Waals surface area contributed by atoms with Crippen LogP contribution >= 0.6 is 0 Å². The monoisotopic (exact) mass is 204 g/mol. The minimum Gasteiger partial charge on any atom is -0.398 e. The summed E-state index contributed by atoms with van der Waals surface area (Å²) in [7, 11) is 0. The summed E-state index contributed by atoms with van der Waals surface area (Å²) in [5.74, 6) is 0. The average Bonchev–Trinajstić information content (AvgIpc) is 2.01. The van der Waals surface area contributed by atoms with Crippen LogP contribution in [0.3, 0.4) is 0 Å². The fourth-order valence-electron chi connectivity index (χ4n) is 1.29. The van der Waals surface area contributed by atoms with Crippen molar-refractivity contribution in [3.05, 3.63) is 29.3 Å². The molecule has 1 atom stereocenters. The molecule has 5 heteroatoms. The van der Waals surface area contributed by atoms with Gasteiger partial charge < -0.3 is 11.5 Å². The van der Waals surface area contributed by atoms with Gasteiger partial charge in [0, 0.05) is 11.3 Å². The van der Waals surface area contributed by atoms with E-state index < -0.39 is 12.2 Å². The van der Waals surface area contributed by atoms with Gasteiger partial charge in [0.05, 0.1) is 0 Å². The Morgan fingerprint density at radius 1 is 1.29 bits per heavy atom. The van der Waals surface area contributed by atoms with Gasteiger partial charge in [0.1, 0.15) is 6.04 Å². The molecule has 1 aromatic rings. The second-order valence-corrected chi connectivity index (χ2v) is 3.10. The van der Waals surface area contributed by atoms with Crippen molar-refractivity contribution >= 4 is 5.69 Å². The molecule has 0 saturated heterocycles. The van der Waals surface area contributed by atoms with Crippen molar-refractivity contribution in [3.63, 3.8) is 0 Å². The highest BCUT2D eigenvalue weighted by atomic mass is 19.4. The normalized spacial score (nSPS) is 14.1. The van der Waals surface area contributed by atoms with Gasteiger partial charge in [-0.15, -0.1) is 0 Å². The van der Waals surface area contributed by atoms with Gasteiger partial charge in [-0.2, -0.15) is 13.2 Å². The number of anilines is 1. The zero-order valence-electron chi connectivity index (χ0n) is 7.60. The summed E-state index contributed by atoms with van der Waals surface area (Å²) in [5.41, 5.74) is 11.0. The molecule has 1 aromatic carbocycles. The number of rotatable bonds is 1. The summed E-state index contributed by atoms with van der Waals surface area (Å²) < 4.78 is 36.9. The van der Waals surface area contributed by atoms with Crippen molar-refractivity contribution in [2.75, 3.05) is 5.73 Å². The number of halogens is 3. The molecular weight excluding hydrogens is 193 g/mol. The number of nitrogens with two attached hydrogens (primary N) is 2. The molecule has 4 N–H and O–H groups in total. The highest BCUT2D eigenvalue weighted by Gasteiger charge is 2.39. The first-order valence-corrected chi connectivity index (χ1v) is 4.01. The molecule has 0 aromatic heterocycles. The molecule has 0 aliphatic heterocycles. The maximum absolute atomic E-state index is 12.3. The first kappa shape index (κ1) is 10.8. The highest BCUT2D eigenvalue weighted by molar-refractivity contribution is 5.52. The van der Waals surface area contributed by atoms with Crippen LogP contribution in [-0.2, 0) is 0 Å². The number of benzene rings is 1. The first-order valence-electron chi connectivity index (χ1n) is 4.01. The number of hydrogen-bond acceptors (Lipinski definition) is 2. The number of aryl methyl sites for hydroxylation is 1. The lowest BCUT2D eigenvalue weighted by molar-refractivity contribution is -0.149. The molecule has 78 valence electrons. The molecule has 0 radical (unpaired) electrons. The van der Waals surface area contributed by atoms with Gasteiger partial charge in [-0.05, 0) is 18.6 Å². The summed E-state index contributed by atoms with van der Waals surface area (Å²) in [4.78, 5) is 0. The quantitative estimate of drug-likeness (QED) is 0.688. The lowest BCUT2D eigenvalue weighted by Gasteiger charge is -2.19. The van der Waals surface area contributed by atoms with Crippen molar-refractivity contribution in [3.8, 4) is 0 Å². The molecule has 0 amide bonds. The SMILES string of the molecule is Cc1cccc(N)c1[C@H](N)C(F)(F)F. The van der Waals surface area contributed by atoms with Gasteiger partial charge in [0.15, 0.2) is 0 Å². The Bertz CT molecular complexity index is 313. The third-order valence-electron chi connectivity index (χ3n) is 2.02. The zero-order chi connectivity index (χ0) is 10.9. The zero-order valence-corrected chi connectivity index (χ0v) is 7.60. The molecular formula is C9H11F3N2. The minimum atomic E-state index is -4.46. The Hall–Kier alpha value is -1.23. The largest absolute Gasteiger partial charge is 0.407 e. The van der Waals surface area contributed by atoms with Crippen molar-refractivity contribution in [2.24, 2.45) is 5.73 Å². The average molecular weight is 204 g/mol. The predicted octanol–water partition coefficient (Wildman–Crippen LogP) is 2.14. The van der Waals surface area contributed by atoms with E-state index in [0.717, 1.165) is 0 Å². The van der Waals surface area contributed by atoms with E-state index in [2.05, 4.69) is 0 Å². The Balaban J connectivity index is 3.19. The van der Waals surface area contributed by atoms with E-state index in [9.17, 15) is 13.2 Å². The second-order valence-electron chi connectivity index (χ2n) is 3.10. The molecule has 0 heterocycles. The van der Waals surface area contributed by atoms with Gasteiger partial charge in [-0.3, -0.25) is 0 Å². The third-order valence-corrected chi connectivity index (χ3v) is 2.02. The number of alkyl halides is 3. The number of hydrogen-bond donors (Lipinski definition) is 2. The highest BCUT2D eigenvalue weighted by Crippen LogP contribution is 2.34. The molecule has 1 rings (SSSR count). The van der Waals surface area contributed by atoms with Gasteiger partial charge >= 0.3 is 6.18 Å². The summed E-state index contributed by atoms with van der Waals surface area (Å²) in [6, 6.07) is 2.55. The maximum Gasteiger partial charge on any atom is 0.407 e. The molecule has 0 aliphatic carbocycles. The van der Waals surface area contributed by atoms with E-state index in [4.69, 9.17) is 11.5 Å². The second kappa shape index (κ2) is 3.49. The topological polar surface area (TPSA) is 52.0 Å². The van der Waals surface area contributed by atoms with E-state index >= 15 is 0 Å². The minimum absolute atomic E-state index is 0.0417. The standard InChI is InChI=1S/C9H11F3N2/c1-5-3-2-4-6(13)7(5)8(14)9(10,11)12/h2-4,8H,13-14H2,1H3/t8-/m0/s1. The molecule has 14 heavy (non-hydrogen) atoms. The van der Waals surface area contributed by atoms with Crippen molar-refractivity contribution in [1.29, 1.82) is 0 Å². The van der Waals surface area contributed by atoms with Gasteiger partial charge in [-0.25, -0.2) is 0 Å². The predicted molar refractivity (Wildman–Crippen MR) is 48.6 cm³/mol. The molecule has 2 nitrogen and oxygen atoms in total. The van der Waals surface area contributed by atoms with Gasteiger partial charge in [0.25, 0.3) is 0 Å². The van der Waals surface area contributed by atoms with E-state index in [1.165, 1.54) is 6.07 Å². The van der Waals surface area contributed by atoms with Gasteiger partial charge in [0.2, 0.25) is 0 Å². The van der Waals surface area contributed by atoms with Crippen LogP contribution in [0.25, 0.3) is 0 Å². The Morgan fingerprint density at radius 3 is 2.29 bits per heavy atom. The van der Waals surface area contributed by atoms with E-state index in [0.29, 0.717) is 5.56 Å². The third kappa shape index (κ3) is 1.98. The van der Waals surface area contributed by atoms with Crippen molar-refractivity contribution in [2.45, 2.75) is 19.1 Å². The molecule has 0 bridgehead atoms. The summed E-state index contributed by atoms with van der Waals surface area (Å²) >= 11 is 0. The molecule has 0 spiro atoms. The Kier molecular flexibility index (Phi) is 2.71. The van der Waals surface area contributed by atoms with E-state index in [1.54, 1.807) is 19.1 Å². The van der Waals surface area contributed by atoms with Gasteiger partial charge in [-0.1, -0.05) is 12.1 Å². The van der Waals surface area contributed by atoms with E-state index in [1.807, 2.05) is 0 Å². The molecule has 0 unspecified atom stereocenters. The summed E-state index contributed by atoms with van der Waals surface area (Å²) in [6.07, 6.45) is -4.46. The lowest BCUT2D eigenvalue weighted by Crippen LogP contribution is -2.29. The van der Waals surface area contributed by atoms with Crippen molar-refractivity contribution < 1.29 is 13.2 Å². The fraction of sp³-hybridized carbons (Fsp3) is 0.333. The maximum atomic E-state index is 12.3. The van der Waals surface area contributed by atoms with Crippen LogP contribution in [-0.4, -0.2) is 6.18 Å². The lowest BCUT2D eigenvalue weighted by atomic mass is 9.99. The van der Waals surface area contributed by atoms with Crippen LogP contribution in [0.1, 0.15) is 17.2 Å². The van der Waals surface area contributed by atoms with Crippen LogP contribution in [0.5, 0.6) is 0 Å². The smallest absolute Gasteiger partial charge is 0.398 e. The Labute approximate surface area is 79.7 Å². The summed E-state index contributed by atoms with van der Waals surface area (Å²) in [6.45, 7) is 1.55. The molecule has 0 aliphatic rings. The molecule has 0 saturated carbocycles. The van der Waals surface area contributed by atoms with Crippen LogP contribution in [0.15, 0.2) is 18.2 Å². The Morgan fingerprint density at radius 2 is 1.86 bits per heavy atom. The molecule has 0 fully saturated rings. The van der Waals surface area contributed by atoms with Crippen LogP contribution in [0, 0.1) is 6.92 Å². The van der Waals surface area contributed by atoms with Crippen LogP contribution < -0.4 is 11.5 Å². The van der Waals surface area contributed by atoms with Crippen LogP contribution in [0.2, 0.25) is 0 Å².